The van der Waals surface area contributed by atoms with Crippen LogP contribution in [0.15, 0.2) is 48.5 Å². The minimum atomic E-state index is -0.238. The molecule has 1 fully saturated rings. The number of nitrogens with zero attached hydrogens (tertiary/aromatic N) is 1. The van der Waals surface area contributed by atoms with E-state index in [0.717, 1.165) is 29.1 Å². The molecule has 2 unspecified atom stereocenters. The maximum absolute atomic E-state index is 13.3. The van der Waals surface area contributed by atoms with Gasteiger partial charge in [0.15, 0.2) is 0 Å². The van der Waals surface area contributed by atoms with Crippen molar-refractivity contribution in [2.24, 2.45) is 5.92 Å². The number of hydrogen-bond acceptors (Lipinski definition) is 2. The van der Waals surface area contributed by atoms with Crippen molar-refractivity contribution in [1.29, 1.82) is 0 Å². The number of hydrogen-bond donors (Lipinski definition) is 1. The number of likely N-dealkylation sites (tertiary alicyclic amines) is 1. The first-order valence-corrected chi connectivity index (χ1v) is 9.43. The zero-order valence-corrected chi connectivity index (χ0v) is 15.7. The lowest BCUT2D eigenvalue weighted by atomic mass is 9.84. The van der Waals surface area contributed by atoms with E-state index < -0.39 is 0 Å². The molecule has 1 saturated heterocycles. The molecule has 2 atom stereocenters. The van der Waals surface area contributed by atoms with Crippen LogP contribution in [-0.2, 0) is 11.3 Å². The Bertz CT molecular complexity index is 750. The fourth-order valence-corrected chi connectivity index (χ4v) is 3.87. The first-order valence-electron chi connectivity index (χ1n) is 9.05. The molecule has 0 saturated carbocycles. The van der Waals surface area contributed by atoms with Crippen molar-refractivity contribution in [2.75, 3.05) is 19.6 Å². The van der Waals surface area contributed by atoms with E-state index in [-0.39, 0.29) is 23.6 Å². The third kappa shape index (κ3) is 4.63. The van der Waals surface area contributed by atoms with Crippen LogP contribution < -0.4 is 5.32 Å². The molecule has 3 rings (SSSR count). The Morgan fingerprint density at radius 2 is 1.92 bits per heavy atom. The molecule has 0 aliphatic carbocycles. The van der Waals surface area contributed by atoms with Crippen LogP contribution in [0.2, 0.25) is 5.02 Å². The van der Waals surface area contributed by atoms with Crippen molar-refractivity contribution in [3.63, 3.8) is 0 Å². The van der Waals surface area contributed by atoms with E-state index in [4.69, 9.17) is 11.6 Å². The Hall–Kier alpha value is -1.91. The van der Waals surface area contributed by atoms with Crippen LogP contribution in [0.1, 0.15) is 30.4 Å². The molecule has 2 aromatic rings. The van der Waals surface area contributed by atoms with E-state index in [1.165, 1.54) is 12.1 Å². The van der Waals surface area contributed by atoms with Crippen LogP contribution in [0.25, 0.3) is 0 Å². The Morgan fingerprint density at radius 1 is 1.19 bits per heavy atom. The molecule has 1 aliphatic heterocycles. The van der Waals surface area contributed by atoms with Gasteiger partial charge in [-0.25, -0.2) is 4.39 Å². The van der Waals surface area contributed by atoms with Gasteiger partial charge in [0, 0.05) is 31.2 Å². The molecule has 1 N–H and O–H groups in total. The van der Waals surface area contributed by atoms with E-state index in [1.807, 2.05) is 43.3 Å². The number of nitrogens with one attached hydrogen (secondary N) is 1. The molecule has 0 spiro atoms. The third-order valence-electron chi connectivity index (χ3n) is 4.94. The second kappa shape index (κ2) is 8.65. The highest BCUT2D eigenvalue weighted by molar-refractivity contribution is 6.31. The highest BCUT2D eigenvalue weighted by Gasteiger charge is 2.32. The molecule has 0 radical (unpaired) electrons. The van der Waals surface area contributed by atoms with Crippen molar-refractivity contribution in [3.05, 3.63) is 70.5 Å². The fourth-order valence-electron chi connectivity index (χ4n) is 3.67. The smallest absolute Gasteiger partial charge is 0.224 e. The standard InChI is InChI=1S/C21H24ClFN2O/c1-2-24-21(26)18-11-17(15-7-9-19(23)10-8-15)13-25(14-18)12-16-5-3-4-6-20(16)22/h3-10,17-18H,2,11-14H2,1H3,(H,24,26). The van der Waals surface area contributed by atoms with E-state index in [9.17, 15) is 9.18 Å². The van der Waals surface area contributed by atoms with Crippen LogP contribution in [-0.4, -0.2) is 30.4 Å². The molecule has 5 heteroatoms. The molecule has 1 amide bonds. The Morgan fingerprint density at radius 3 is 2.62 bits per heavy atom. The van der Waals surface area contributed by atoms with Crippen LogP contribution in [0, 0.1) is 11.7 Å². The van der Waals surface area contributed by atoms with E-state index >= 15 is 0 Å². The van der Waals surface area contributed by atoms with Gasteiger partial charge in [-0.05, 0) is 48.6 Å². The summed E-state index contributed by atoms with van der Waals surface area (Å²) in [5.41, 5.74) is 2.13. The summed E-state index contributed by atoms with van der Waals surface area (Å²) >= 11 is 6.32. The van der Waals surface area contributed by atoms with Gasteiger partial charge < -0.3 is 5.32 Å². The molecule has 138 valence electrons. The number of benzene rings is 2. The highest BCUT2D eigenvalue weighted by atomic mass is 35.5. The first-order chi connectivity index (χ1) is 12.6. The number of carbonyl (C=O) groups excluding carboxylic acids is 1. The molecular weight excluding hydrogens is 351 g/mol. The summed E-state index contributed by atoms with van der Waals surface area (Å²) < 4.78 is 13.3. The number of rotatable bonds is 5. The summed E-state index contributed by atoms with van der Waals surface area (Å²) in [4.78, 5) is 14.7. The minimum Gasteiger partial charge on any atom is -0.356 e. The second-order valence-corrected chi connectivity index (χ2v) is 7.27. The van der Waals surface area contributed by atoms with Gasteiger partial charge in [-0.3, -0.25) is 9.69 Å². The van der Waals surface area contributed by atoms with Gasteiger partial charge in [-0.15, -0.1) is 0 Å². The van der Waals surface area contributed by atoms with Gasteiger partial charge in [0.05, 0.1) is 5.92 Å². The molecule has 3 nitrogen and oxygen atoms in total. The van der Waals surface area contributed by atoms with Crippen molar-refractivity contribution in [1.82, 2.24) is 10.2 Å². The molecule has 1 heterocycles. The number of amides is 1. The lowest BCUT2D eigenvalue weighted by Crippen LogP contribution is -2.45. The second-order valence-electron chi connectivity index (χ2n) is 6.86. The normalized spacial score (nSPS) is 20.7. The lowest BCUT2D eigenvalue weighted by Gasteiger charge is -2.37. The monoisotopic (exact) mass is 374 g/mol. The molecule has 1 aliphatic rings. The summed E-state index contributed by atoms with van der Waals surface area (Å²) in [6.45, 7) is 4.79. The number of carbonyl (C=O) groups is 1. The van der Waals surface area contributed by atoms with Gasteiger partial charge in [0.1, 0.15) is 5.82 Å². The average Bonchev–Trinajstić information content (AvgIpc) is 2.64. The molecule has 2 aromatic carbocycles. The molecule has 0 bridgehead atoms. The van der Waals surface area contributed by atoms with Gasteiger partial charge in [0.25, 0.3) is 0 Å². The zero-order valence-electron chi connectivity index (χ0n) is 14.9. The Kier molecular flexibility index (Phi) is 6.28. The van der Waals surface area contributed by atoms with Crippen LogP contribution >= 0.6 is 11.6 Å². The quantitative estimate of drug-likeness (QED) is 0.849. The van der Waals surface area contributed by atoms with Crippen molar-refractivity contribution < 1.29 is 9.18 Å². The number of piperidine rings is 1. The summed E-state index contributed by atoms with van der Waals surface area (Å²) in [6, 6.07) is 14.4. The molecule has 0 aromatic heterocycles. The van der Waals surface area contributed by atoms with Crippen LogP contribution in [0.3, 0.4) is 0 Å². The largest absolute Gasteiger partial charge is 0.356 e. The van der Waals surface area contributed by atoms with Crippen molar-refractivity contribution in [3.8, 4) is 0 Å². The Labute approximate surface area is 159 Å². The summed E-state index contributed by atoms with van der Waals surface area (Å²) in [5.74, 6) is -0.0399. The van der Waals surface area contributed by atoms with Crippen molar-refractivity contribution >= 4 is 17.5 Å². The SMILES string of the molecule is CCNC(=O)C1CC(c2ccc(F)cc2)CN(Cc2ccccc2Cl)C1. The predicted molar refractivity (Wildman–Crippen MR) is 103 cm³/mol. The highest BCUT2D eigenvalue weighted by Crippen LogP contribution is 2.32. The van der Waals surface area contributed by atoms with E-state index in [0.29, 0.717) is 19.6 Å². The first kappa shape index (κ1) is 18.9. The van der Waals surface area contributed by atoms with Gasteiger partial charge in [-0.1, -0.05) is 41.9 Å². The van der Waals surface area contributed by atoms with Gasteiger partial charge >= 0.3 is 0 Å². The molecule has 26 heavy (non-hydrogen) atoms. The van der Waals surface area contributed by atoms with Gasteiger partial charge in [-0.2, -0.15) is 0 Å². The predicted octanol–water partition coefficient (Wildman–Crippen LogP) is 4.22. The fraction of sp³-hybridized carbons (Fsp3) is 0.381. The van der Waals surface area contributed by atoms with Gasteiger partial charge in [0.2, 0.25) is 5.91 Å². The topological polar surface area (TPSA) is 32.3 Å². The lowest BCUT2D eigenvalue weighted by molar-refractivity contribution is -0.127. The summed E-state index contributed by atoms with van der Waals surface area (Å²) in [6.07, 6.45) is 0.774. The van der Waals surface area contributed by atoms with E-state index in [2.05, 4.69) is 10.2 Å². The van der Waals surface area contributed by atoms with Crippen LogP contribution in [0.5, 0.6) is 0 Å². The maximum Gasteiger partial charge on any atom is 0.224 e. The minimum absolute atomic E-state index is 0.0822. The summed E-state index contributed by atoms with van der Waals surface area (Å²) in [7, 11) is 0. The molecular formula is C21H24ClFN2O. The maximum atomic E-state index is 13.3. The Balaban J connectivity index is 1.80. The van der Waals surface area contributed by atoms with Crippen LogP contribution in [0.4, 0.5) is 4.39 Å². The summed E-state index contributed by atoms with van der Waals surface area (Å²) in [5, 5.41) is 3.68. The average molecular weight is 375 g/mol. The zero-order chi connectivity index (χ0) is 18.5. The van der Waals surface area contributed by atoms with Crippen molar-refractivity contribution in [2.45, 2.75) is 25.8 Å². The van der Waals surface area contributed by atoms with E-state index in [1.54, 1.807) is 0 Å². The number of halogens is 2. The third-order valence-corrected chi connectivity index (χ3v) is 5.31.